The predicted molar refractivity (Wildman–Crippen MR) is 104 cm³/mol. The lowest BCUT2D eigenvalue weighted by Gasteiger charge is -1.97. The second kappa shape index (κ2) is 8.03. The highest BCUT2D eigenvalue weighted by Crippen LogP contribution is 2.28. The molecule has 0 amide bonds. The summed E-state index contributed by atoms with van der Waals surface area (Å²) < 4.78 is 5.13. The Labute approximate surface area is 163 Å². The van der Waals surface area contributed by atoms with E-state index in [2.05, 4.69) is 9.98 Å². The van der Waals surface area contributed by atoms with Crippen LogP contribution in [0.15, 0.2) is 51.9 Å². The second-order valence-corrected chi connectivity index (χ2v) is 6.13. The van der Waals surface area contributed by atoms with Gasteiger partial charge in [0.15, 0.2) is 5.69 Å². The average Bonchev–Trinajstić information content (AvgIpc) is 2.99. The van der Waals surface area contributed by atoms with Crippen molar-refractivity contribution in [3.63, 3.8) is 0 Å². The normalized spacial score (nSPS) is 11.5. The van der Waals surface area contributed by atoms with Crippen LogP contribution in [0.1, 0.15) is 17.1 Å². The SMILES string of the molecule is O=[N+]([O-])c1cccc(/C=C/c2nc(C=Nc3ccc(Cl)cc3Cl)c(O)o2)c1. The van der Waals surface area contributed by atoms with E-state index in [1.54, 1.807) is 36.4 Å². The van der Waals surface area contributed by atoms with Crippen LogP contribution in [-0.2, 0) is 0 Å². The zero-order valence-corrected chi connectivity index (χ0v) is 15.1. The molecule has 7 nitrogen and oxygen atoms in total. The van der Waals surface area contributed by atoms with Crippen LogP contribution in [0.3, 0.4) is 0 Å². The van der Waals surface area contributed by atoms with Crippen LogP contribution in [-0.4, -0.2) is 21.2 Å². The van der Waals surface area contributed by atoms with Gasteiger partial charge in [0.25, 0.3) is 5.69 Å². The molecule has 2 aromatic carbocycles. The Morgan fingerprint density at radius 3 is 2.74 bits per heavy atom. The lowest BCUT2D eigenvalue weighted by molar-refractivity contribution is -0.384. The van der Waals surface area contributed by atoms with Gasteiger partial charge in [0.2, 0.25) is 5.89 Å². The first-order valence-electron chi connectivity index (χ1n) is 7.54. The zero-order valence-electron chi connectivity index (χ0n) is 13.5. The van der Waals surface area contributed by atoms with E-state index in [0.717, 1.165) is 0 Å². The standard InChI is InChI=1S/C18H11Cl2N3O4/c19-12-5-6-15(14(20)9-12)21-10-16-18(24)27-17(22-16)7-4-11-2-1-3-13(8-11)23(25)26/h1-10,24H/b7-4+,21-10?. The Bertz CT molecular complexity index is 1060. The van der Waals surface area contributed by atoms with Gasteiger partial charge < -0.3 is 9.52 Å². The Kier molecular flexibility index (Phi) is 5.54. The van der Waals surface area contributed by atoms with Gasteiger partial charge >= 0.3 is 5.95 Å². The summed E-state index contributed by atoms with van der Waals surface area (Å²) in [5.74, 6) is -0.301. The molecule has 0 radical (unpaired) electrons. The van der Waals surface area contributed by atoms with Gasteiger partial charge in [0, 0.05) is 23.2 Å². The topological polar surface area (TPSA) is 102 Å². The number of non-ortho nitro benzene ring substituents is 1. The fraction of sp³-hybridized carbons (Fsp3) is 0. The number of aromatic hydroxyl groups is 1. The van der Waals surface area contributed by atoms with Crippen LogP contribution in [0.5, 0.6) is 5.95 Å². The highest BCUT2D eigenvalue weighted by atomic mass is 35.5. The van der Waals surface area contributed by atoms with Crippen LogP contribution in [0.2, 0.25) is 10.0 Å². The molecule has 0 unspecified atom stereocenters. The number of hydrogen-bond donors (Lipinski definition) is 1. The number of oxazole rings is 1. The third-order valence-electron chi connectivity index (χ3n) is 3.39. The molecule has 0 aliphatic heterocycles. The molecule has 0 saturated carbocycles. The van der Waals surface area contributed by atoms with Crippen LogP contribution in [0.25, 0.3) is 12.2 Å². The van der Waals surface area contributed by atoms with E-state index in [1.165, 1.54) is 24.4 Å². The van der Waals surface area contributed by atoms with Crippen molar-refractivity contribution in [1.29, 1.82) is 0 Å². The van der Waals surface area contributed by atoms with Crippen LogP contribution in [0, 0.1) is 10.1 Å². The number of nitro groups is 1. The van der Waals surface area contributed by atoms with Crippen molar-refractivity contribution in [3.05, 3.63) is 79.8 Å². The Morgan fingerprint density at radius 1 is 1.19 bits per heavy atom. The van der Waals surface area contributed by atoms with Crippen molar-refractivity contribution in [2.75, 3.05) is 0 Å². The highest BCUT2D eigenvalue weighted by molar-refractivity contribution is 6.36. The quantitative estimate of drug-likeness (QED) is 0.343. The molecule has 0 aliphatic carbocycles. The summed E-state index contributed by atoms with van der Waals surface area (Å²) in [6.45, 7) is 0. The van der Waals surface area contributed by atoms with Gasteiger partial charge in [-0.3, -0.25) is 15.1 Å². The molecule has 0 fully saturated rings. The number of halogens is 2. The minimum absolute atomic E-state index is 0.0277. The number of rotatable bonds is 5. The Balaban J connectivity index is 1.79. The van der Waals surface area contributed by atoms with Crippen molar-refractivity contribution in [2.24, 2.45) is 4.99 Å². The molecule has 27 heavy (non-hydrogen) atoms. The van der Waals surface area contributed by atoms with E-state index in [1.807, 2.05) is 0 Å². The number of nitrogens with zero attached hydrogens (tertiary/aromatic N) is 3. The molecule has 3 aromatic rings. The summed E-state index contributed by atoms with van der Waals surface area (Å²) in [4.78, 5) is 18.5. The third kappa shape index (κ3) is 4.72. The van der Waals surface area contributed by atoms with Crippen molar-refractivity contribution in [3.8, 4) is 5.95 Å². The van der Waals surface area contributed by atoms with Crippen molar-refractivity contribution < 1.29 is 14.4 Å². The van der Waals surface area contributed by atoms with Gasteiger partial charge in [-0.1, -0.05) is 35.3 Å². The maximum absolute atomic E-state index is 10.8. The monoisotopic (exact) mass is 403 g/mol. The first kappa shape index (κ1) is 18.6. The number of nitro benzene ring substituents is 1. The molecule has 1 heterocycles. The number of aliphatic imine (C=N–C) groups is 1. The van der Waals surface area contributed by atoms with Gasteiger partial charge in [0.05, 0.1) is 21.8 Å². The molecule has 1 aromatic heterocycles. The number of aromatic nitrogens is 1. The summed E-state index contributed by atoms with van der Waals surface area (Å²) >= 11 is 11.9. The predicted octanol–water partition coefficient (Wildman–Crippen LogP) is 5.52. The van der Waals surface area contributed by atoms with Crippen LogP contribution >= 0.6 is 23.2 Å². The van der Waals surface area contributed by atoms with E-state index in [4.69, 9.17) is 27.6 Å². The maximum atomic E-state index is 10.8. The van der Waals surface area contributed by atoms with Crippen LogP contribution < -0.4 is 0 Å². The molecule has 136 valence electrons. The summed E-state index contributed by atoms with van der Waals surface area (Å²) in [5, 5.41) is 21.5. The zero-order chi connectivity index (χ0) is 19.4. The summed E-state index contributed by atoms with van der Waals surface area (Å²) in [5.41, 5.74) is 1.13. The van der Waals surface area contributed by atoms with E-state index in [0.29, 0.717) is 21.3 Å². The minimum atomic E-state index is -0.481. The third-order valence-corrected chi connectivity index (χ3v) is 3.92. The molecule has 0 aliphatic rings. The molecular weight excluding hydrogens is 393 g/mol. The molecule has 0 atom stereocenters. The second-order valence-electron chi connectivity index (χ2n) is 5.28. The van der Waals surface area contributed by atoms with E-state index >= 15 is 0 Å². The van der Waals surface area contributed by atoms with Crippen molar-refractivity contribution >= 4 is 52.9 Å². The van der Waals surface area contributed by atoms with E-state index in [9.17, 15) is 15.2 Å². The summed E-state index contributed by atoms with van der Waals surface area (Å²) in [7, 11) is 0. The Morgan fingerprint density at radius 2 is 2.00 bits per heavy atom. The Hall–Kier alpha value is -3.16. The van der Waals surface area contributed by atoms with E-state index < -0.39 is 10.9 Å². The molecule has 9 heteroatoms. The fourth-order valence-corrected chi connectivity index (χ4v) is 2.58. The van der Waals surface area contributed by atoms with Crippen molar-refractivity contribution in [1.82, 2.24) is 4.98 Å². The molecule has 1 N–H and O–H groups in total. The van der Waals surface area contributed by atoms with Gasteiger partial charge in [-0.2, -0.15) is 0 Å². The largest absolute Gasteiger partial charge is 0.479 e. The van der Waals surface area contributed by atoms with Gasteiger partial charge in [-0.15, -0.1) is 0 Å². The molecule has 0 saturated heterocycles. The molecule has 0 bridgehead atoms. The van der Waals surface area contributed by atoms with Crippen molar-refractivity contribution in [2.45, 2.75) is 0 Å². The first-order valence-corrected chi connectivity index (χ1v) is 8.29. The number of hydrogen-bond acceptors (Lipinski definition) is 6. The smallest absolute Gasteiger partial charge is 0.312 e. The first-order chi connectivity index (χ1) is 12.9. The lowest BCUT2D eigenvalue weighted by Crippen LogP contribution is -1.87. The number of benzene rings is 2. The summed E-state index contributed by atoms with van der Waals surface area (Å²) in [6, 6.07) is 10.9. The summed E-state index contributed by atoms with van der Waals surface area (Å²) in [6.07, 6.45) is 4.36. The van der Waals surface area contributed by atoms with E-state index in [-0.39, 0.29) is 17.3 Å². The fourth-order valence-electron chi connectivity index (χ4n) is 2.12. The lowest BCUT2D eigenvalue weighted by atomic mass is 10.2. The van der Waals surface area contributed by atoms with Gasteiger partial charge in [-0.05, 0) is 29.8 Å². The average molecular weight is 404 g/mol. The molecular formula is C18H11Cl2N3O4. The van der Waals surface area contributed by atoms with Crippen LogP contribution in [0.4, 0.5) is 11.4 Å². The highest BCUT2D eigenvalue weighted by Gasteiger charge is 2.09. The molecule has 3 rings (SSSR count). The molecule has 0 spiro atoms. The van der Waals surface area contributed by atoms with Gasteiger partial charge in [0.1, 0.15) is 0 Å². The minimum Gasteiger partial charge on any atom is -0.479 e. The van der Waals surface area contributed by atoms with Gasteiger partial charge in [-0.25, -0.2) is 4.98 Å². The maximum Gasteiger partial charge on any atom is 0.312 e.